The molecule has 1 N–H and O–H groups in total. The van der Waals surface area contributed by atoms with Gasteiger partial charge in [0.1, 0.15) is 0 Å². The number of halogens is 1. The Morgan fingerprint density at radius 2 is 1.95 bits per heavy atom. The second kappa shape index (κ2) is 7.47. The lowest BCUT2D eigenvalue weighted by atomic mass is 10.2. The Morgan fingerprint density at radius 3 is 2.47 bits per heavy atom. The lowest BCUT2D eigenvalue weighted by molar-refractivity contribution is 0.0944. The van der Waals surface area contributed by atoms with Crippen molar-refractivity contribution < 1.29 is 17.9 Å². The highest BCUT2D eigenvalue weighted by atomic mass is 35.7. The van der Waals surface area contributed by atoms with Gasteiger partial charge in [0.2, 0.25) is 0 Å². The fourth-order valence-corrected chi connectivity index (χ4v) is 2.16. The van der Waals surface area contributed by atoms with Crippen LogP contribution in [0.2, 0.25) is 0 Å². The van der Waals surface area contributed by atoms with Crippen molar-refractivity contribution in [1.29, 1.82) is 0 Å². The van der Waals surface area contributed by atoms with Crippen LogP contribution in [0.5, 0.6) is 0 Å². The van der Waals surface area contributed by atoms with Gasteiger partial charge in [0, 0.05) is 36.0 Å². The predicted octanol–water partition coefficient (Wildman–Crippen LogP) is 1.77. The molecule has 0 aromatic heterocycles. The molecule has 1 aromatic rings. The molecule has 0 aliphatic carbocycles. The van der Waals surface area contributed by atoms with Crippen LogP contribution in [0.25, 0.3) is 0 Å². The van der Waals surface area contributed by atoms with E-state index in [4.69, 9.17) is 15.4 Å². The topological polar surface area (TPSA) is 72.5 Å². The third-order valence-electron chi connectivity index (χ3n) is 2.35. The molecule has 19 heavy (non-hydrogen) atoms. The van der Waals surface area contributed by atoms with Crippen LogP contribution in [0.3, 0.4) is 0 Å². The minimum atomic E-state index is -3.75. The smallest absolute Gasteiger partial charge is 0.261 e. The van der Waals surface area contributed by atoms with Crippen molar-refractivity contribution in [2.45, 2.75) is 18.2 Å². The zero-order valence-electron chi connectivity index (χ0n) is 10.6. The number of hydrogen-bond acceptors (Lipinski definition) is 4. The SMILES string of the molecule is CCOCCCNC(=O)c1ccc(S(=O)(=O)Cl)cc1. The molecular weight excluding hydrogens is 290 g/mol. The van der Waals surface area contributed by atoms with Crippen molar-refractivity contribution in [3.8, 4) is 0 Å². The van der Waals surface area contributed by atoms with E-state index in [-0.39, 0.29) is 10.8 Å². The van der Waals surface area contributed by atoms with Gasteiger partial charge in [-0.1, -0.05) is 0 Å². The highest BCUT2D eigenvalue weighted by Crippen LogP contribution is 2.15. The van der Waals surface area contributed by atoms with Gasteiger partial charge in [-0.3, -0.25) is 4.79 Å². The van der Waals surface area contributed by atoms with Crippen LogP contribution >= 0.6 is 10.7 Å². The number of carbonyl (C=O) groups is 1. The summed E-state index contributed by atoms with van der Waals surface area (Å²) < 4.78 is 27.2. The van der Waals surface area contributed by atoms with E-state index in [1.807, 2.05) is 6.92 Å². The number of amides is 1. The van der Waals surface area contributed by atoms with Crippen molar-refractivity contribution >= 4 is 25.6 Å². The third kappa shape index (κ3) is 5.59. The van der Waals surface area contributed by atoms with E-state index in [9.17, 15) is 13.2 Å². The summed E-state index contributed by atoms with van der Waals surface area (Å²) in [7, 11) is 1.43. The molecule has 7 heteroatoms. The van der Waals surface area contributed by atoms with E-state index in [2.05, 4.69) is 5.32 Å². The summed E-state index contributed by atoms with van der Waals surface area (Å²) >= 11 is 0. The molecule has 1 rings (SSSR count). The number of rotatable bonds is 7. The van der Waals surface area contributed by atoms with Gasteiger partial charge < -0.3 is 10.1 Å². The van der Waals surface area contributed by atoms with Gasteiger partial charge in [0.05, 0.1) is 4.90 Å². The Morgan fingerprint density at radius 1 is 1.32 bits per heavy atom. The van der Waals surface area contributed by atoms with Crippen LogP contribution in [0.4, 0.5) is 0 Å². The number of hydrogen-bond donors (Lipinski definition) is 1. The molecule has 0 fully saturated rings. The zero-order chi connectivity index (χ0) is 14.3. The van der Waals surface area contributed by atoms with E-state index in [1.54, 1.807) is 0 Å². The van der Waals surface area contributed by atoms with Gasteiger partial charge in [-0.05, 0) is 37.6 Å². The summed E-state index contributed by atoms with van der Waals surface area (Å²) in [5, 5.41) is 2.71. The van der Waals surface area contributed by atoms with E-state index in [1.165, 1.54) is 24.3 Å². The monoisotopic (exact) mass is 305 g/mol. The maximum absolute atomic E-state index is 11.7. The van der Waals surface area contributed by atoms with Gasteiger partial charge in [0.15, 0.2) is 0 Å². The quantitative estimate of drug-likeness (QED) is 0.615. The molecular formula is C12H16ClNO4S. The van der Waals surface area contributed by atoms with E-state index < -0.39 is 9.05 Å². The fourth-order valence-electron chi connectivity index (χ4n) is 1.39. The minimum Gasteiger partial charge on any atom is -0.382 e. The van der Waals surface area contributed by atoms with E-state index in [0.717, 1.165) is 6.42 Å². The molecule has 0 saturated carbocycles. The molecule has 0 atom stereocenters. The average Bonchev–Trinajstić information content (AvgIpc) is 2.37. The van der Waals surface area contributed by atoms with Crippen LogP contribution in [-0.4, -0.2) is 34.1 Å². The predicted molar refractivity (Wildman–Crippen MR) is 72.9 cm³/mol. The van der Waals surface area contributed by atoms with Crippen molar-refractivity contribution in [2.24, 2.45) is 0 Å². The van der Waals surface area contributed by atoms with Crippen LogP contribution in [0, 0.1) is 0 Å². The first-order valence-corrected chi connectivity index (χ1v) is 8.16. The molecule has 0 aliphatic rings. The molecule has 0 unspecified atom stereocenters. The molecule has 5 nitrogen and oxygen atoms in total. The summed E-state index contributed by atoms with van der Waals surface area (Å²) in [6.07, 6.45) is 0.730. The highest BCUT2D eigenvalue weighted by Gasteiger charge is 2.11. The summed E-state index contributed by atoms with van der Waals surface area (Å²) in [6, 6.07) is 5.45. The summed E-state index contributed by atoms with van der Waals surface area (Å²) in [6.45, 7) is 3.67. The van der Waals surface area contributed by atoms with Crippen LogP contribution < -0.4 is 5.32 Å². The molecule has 106 valence electrons. The van der Waals surface area contributed by atoms with Crippen LogP contribution in [0.15, 0.2) is 29.2 Å². The Bertz CT molecular complexity index is 513. The minimum absolute atomic E-state index is 0.0259. The van der Waals surface area contributed by atoms with Gasteiger partial charge in [0.25, 0.3) is 15.0 Å². The molecule has 0 aliphatic heterocycles. The molecule has 0 bridgehead atoms. The van der Waals surface area contributed by atoms with Gasteiger partial charge in [-0.2, -0.15) is 0 Å². The lowest BCUT2D eigenvalue weighted by Gasteiger charge is -2.05. The molecule has 0 saturated heterocycles. The maximum Gasteiger partial charge on any atom is 0.261 e. The van der Waals surface area contributed by atoms with Crippen molar-refractivity contribution in [2.75, 3.05) is 19.8 Å². The Kier molecular flexibility index (Phi) is 6.27. The maximum atomic E-state index is 11.7. The summed E-state index contributed by atoms with van der Waals surface area (Å²) in [5.74, 6) is -0.255. The van der Waals surface area contributed by atoms with Crippen LogP contribution in [0.1, 0.15) is 23.7 Å². The normalized spacial score (nSPS) is 11.3. The van der Waals surface area contributed by atoms with Gasteiger partial charge in [-0.25, -0.2) is 8.42 Å². The molecule has 0 spiro atoms. The zero-order valence-corrected chi connectivity index (χ0v) is 12.1. The van der Waals surface area contributed by atoms with Crippen molar-refractivity contribution in [1.82, 2.24) is 5.32 Å². The molecule has 0 heterocycles. The largest absolute Gasteiger partial charge is 0.382 e. The molecule has 1 amide bonds. The van der Waals surface area contributed by atoms with Gasteiger partial charge in [-0.15, -0.1) is 0 Å². The van der Waals surface area contributed by atoms with Crippen molar-refractivity contribution in [3.05, 3.63) is 29.8 Å². The van der Waals surface area contributed by atoms with E-state index >= 15 is 0 Å². The second-order valence-electron chi connectivity index (χ2n) is 3.77. The second-order valence-corrected chi connectivity index (χ2v) is 6.33. The summed E-state index contributed by atoms with van der Waals surface area (Å²) in [4.78, 5) is 11.7. The standard InChI is InChI=1S/C12H16ClNO4S/c1-2-18-9-3-8-14-12(15)10-4-6-11(7-5-10)19(13,16)17/h4-7H,2-3,8-9H2,1H3,(H,14,15). The van der Waals surface area contributed by atoms with Crippen molar-refractivity contribution in [3.63, 3.8) is 0 Å². The third-order valence-corrected chi connectivity index (χ3v) is 3.72. The van der Waals surface area contributed by atoms with Crippen LogP contribution in [-0.2, 0) is 13.8 Å². The number of nitrogens with one attached hydrogen (secondary N) is 1. The fraction of sp³-hybridized carbons (Fsp3) is 0.417. The van der Waals surface area contributed by atoms with Gasteiger partial charge >= 0.3 is 0 Å². The highest BCUT2D eigenvalue weighted by molar-refractivity contribution is 8.13. The Balaban J connectivity index is 2.50. The number of benzene rings is 1. The lowest BCUT2D eigenvalue weighted by Crippen LogP contribution is -2.25. The number of ether oxygens (including phenoxy) is 1. The molecule has 1 aromatic carbocycles. The Hall–Kier alpha value is -1.11. The van der Waals surface area contributed by atoms with E-state index in [0.29, 0.717) is 25.3 Å². The molecule has 0 radical (unpaired) electrons. The summed E-state index contributed by atoms with van der Waals surface area (Å²) in [5.41, 5.74) is 0.389. The average molecular weight is 306 g/mol. The first-order chi connectivity index (χ1) is 8.95. The first kappa shape index (κ1) is 15.9. The Labute approximate surface area is 117 Å². The number of carbonyl (C=O) groups excluding carboxylic acids is 1. The first-order valence-electron chi connectivity index (χ1n) is 5.86.